The summed E-state index contributed by atoms with van der Waals surface area (Å²) < 4.78 is 13.9. The third kappa shape index (κ3) is 3.03. The highest BCUT2D eigenvalue weighted by Crippen LogP contribution is 2.16. The predicted molar refractivity (Wildman–Crippen MR) is 70.5 cm³/mol. The van der Waals surface area contributed by atoms with Gasteiger partial charge in [-0.15, -0.1) is 0 Å². The Balaban J connectivity index is 2.26. The summed E-state index contributed by atoms with van der Waals surface area (Å²) in [6.45, 7) is 1.67. The lowest BCUT2D eigenvalue weighted by atomic mass is 10.2. The number of benzene rings is 1. The lowest BCUT2D eigenvalue weighted by Gasteiger charge is -2.09. The van der Waals surface area contributed by atoms with Crippen LogP contribution in [0, 0.1) is 12.7 Å². The van der Waals surface area contributed by atoms with Crippen LogP contribution in [0.1, 0.15) is 11.3 Å². The van der Waals surface area contributed by atoms with E-state index in [1.165, 1.54) is 24.3 Å². The van der Waals surface area contributed by atoms with E-state index in [9.17, 15) is 14.0 Å². The van der Waals surface area contributed by atoms with Gasteiger partial charge in [0, 0.05) is 16.8 Å². The average Bonchev–Trinajstić information content (AvgIpc) is 2.32. The van der Waals surface area contributed by atoms with Gasteiger partial charge in [-0.3, -0.25) is 4.79 Å². The van der Waals surface area contributed by atoms with Gasteiger partial charge in [-0.25, -0.2) is 9.18 Å². The Morgan fingerprint density at radius 2 is 2.11 bits per heavy atom. The summed E-state index contributed by atoms with van der Waals surface area (Å²) in [4.78, 5) is 25.7. The summed E-state index contributed by atoms with van der Waals surface area (Å²) >= 11 is 5.89. The molecule has 0 bridgehead atoms. The minimum Gasteiger partial charge on any atom is -0.314 e. The largest absolute Gasteiger partial charge is 0.347 e. The molecule has 2 rings (SSSR count). The maximum Gasteiger partial charge on any atom is 0.347 e. The maximum absolute atomic E-state index is 13.1. The van der Waals surface area contributed by atoms with Crippen LogP contribution < -0.4 is 16.7 Å². The highest BCUT2D eigenvalue weighted by atomic mass is 35.5. The van der Waals surface area contributed by atoms with Crippen LogP contribution in [0.2, 0.25) is 5.02 Å². The van der Waals surface area contributed by atoms with Gasteiger partial charge in [0.15, 0.2) is 0 Å². The summed E-state index contributed by atoms with van der Waals surface area (Å²) in [5.74, 6) is -0.439. The van der Waals surface area contributed by atoms with Crippen molar-refractivity contribution in [3.8, 4) is 0 Å². The van der Waals surface area contributed by atoms with E-state index in [2.05, 4.69) is 10.4 Å². The van der Waals surface area contributed by atoms with Crippen molar-refractivity contribution in [1.82, 2.24) is 9.66 Å². The first kappa shape index (κ1) is 13.4. The van der Waals surface area contributed by atoms with E-state index in [0.29, 0.717) is 16.3 Å². The van der Waals surface area contributed by atoms with Gasteiger partial charge in [-0.05, 0) is 30.7 Å². The third-order valence-electron chi connectivity index (χ3n) is 2.50. The molecule has 19 heavy (non-hydrogen) atoms. The standard InChI is InChI=1S/C12H11ClFN3O2/c1-7-4-11(18)17(12(19)16-7)15-6-8-5-9(14)2-3-10(8)13/h2-5,15H,6H2,1H3,(H,16,19). The van der Waals surface area contributed by atoms with Crippen LogP contribution in [0.15, 0.2) is 33.9 Å². The molecule has 0 fully saturated rings. The molecule has 5 nitrogen and oxygen atoms in total. The molecule has 0 radical (unpaired) electrons. The Hall–Kier alpha value is -2.08. The molecular formula is C12H11ClFN3O2. The van der Waals surface area contributed by atoms with E-state index < -0.39 is 17.1 Å². The number of nitrogens with one attached hydrogen (secondary N) is 2. The van der Waals surface area contributed by atoms with E-state index in [4.69, 9.17) is 11.6 Å². The first-order valence-corrected chi connectivity index (χ1v) is 5.86. The number of hydrogen-bond donors (Lipinski definition) is 2. The smallest absolute Gasteiger partial charge is 0.314 e. The van der Waals surface area contributed by atoms with Crippen LogP contribution in [0.5, 0.6) is 0 Å². The number of aryl methyl sites for hydroxylation is 1. The summed E-state index contributed by atoms with van der Waals surface area (Å²) in [5, 5.41) is 0.352. The average molecular weight is 284 g/mol. The maximum atomic E-state index is 13.1. The molecule has 2 aromatic rings. The Kier molecular flexibility index (Phi) is 3.71. The quantitative estimate of drug-likeness (QED) is 0.894. The Morgan fingerprint density at radius 3 is 2.79 bits per heavy atom. The summed E-state index contributed by atoms with van der Waals surface area (Å²) in [6, 6.07) is 5.16. The van der Waals surface area contributed by atoms with Crippen molar-refractivity contribution < 1.29 is 4.39 Å². The predicted octanol–water partition coefficient (Wildman–Crippen LogP) is 1.38. The van der Waals surface area contributed by atoms with E-state index in [1.807, 2.05) is 0 Å². The Labute approximate surface area is 112 Å². The van der Waals surface area contributed by atoms with Gasteiger partial charge in [0.1, 0.15) is 5.82 Å². The minimum atomic E-state index is -0.586. The monoisotopic (exact) mass is 283 g/mol. The molecule has 100 valence electrons. The molecule has 0 saturated heterocycles. The van der Waals surface area contributed by atoms with Crippen LogP contribution in [0.3, 0.4) is 0 Å². The first-order chi connectivity index (χ1) is 8.97. The van der Waals surface area contributed by atoms with Gasteiger partial charge in [0.25, 0.3) is 5.56 Å². The van der Waals surface area contributed by atoms with Gasteiger partial charge < -0.3 is 10.4 Å². The molecular weight excluding hydrogens is 273 g/mol. The fraction of sp³-hybridized carbons (Fsp3) is 0.167. The number of rotatable bonds is 3. The second-order valence-electron chi connectivity index (χ2n) is 4.00. The van der Waals surface area contributed by atoms with Crippen LogP contribution >= 0.6 is 11.6 Å². The molecule has 1 aromatic carbocycles. The van der Waals surface area contributed by atoms with Crippen LogP contribution in [-0.4, -0.2) is 9.66 Å². The zero-order valence-electron chi connectivity index (χ0n) is 10.0. The molecule has 0 aliphatic heterocycles. The second-order valence-corrected chi connectivity index (χ2v) is 4.41. The van der Waals surface area contributed by atoms with Crippen LogP contribution in [-0.2, 0) is 6.54 Å². The van der Waals surface area contributed by atoms with Crippen molar-refractivity contribution in [2.24, 2.45) is 0 Å². The molecule has 0 amide bonds. The topological polar surface area (TPSA) is 66.9 Å². The second kappa shape index (κ2) is 5.27. The number of halogens is 2. The summed E-state index contributed by atoms with van der Waals surface area (Å²) in [7, 11) is 0. The zero-order valence-corrected chi connectivity index (χ0v) is 10.8. The molecule has 0 saturated carbocycles. The molecule has 0 atom stereocenters. The number of nitrogens with zero attached hydrogens (tertiary/aromatic N) is 1. The summed E-state index contributed by atoms with van der Waals surface area (Å²) in [6.07, 6.45) is 0. The lowest BCUT2D eigenvalue weighted by molar-refractivity contribution is 0.624. The van der Waals surface area contributed by atoms with Gasteiger partial charge in [-0.2, -0.15) is 4.68 Å². The minimum absolute atomic E-state index is 0.0582. The molecule has 1 heterocycles. The number of hydrogen-bond acceptors (Lipinski definition) is 3. The SMILES string of the molecule is Cc1cc(=O)n(NCc2cc(F)ccc2Cl)c(=O)[nH]1. The van der Waals surface area contributed by atoms with Gasteiger partial charge in [0.2, 0.25) is 0 Å². The van der Waals surface area contributed by atoms with Gasteiger partial charge in [0.05, 0.1) is 6.54 Å². The molecule has 0 spiro atoms. The van der Waals surface area contributed by atoms with Crippen molar-refractivity contribution in [2.75, 3.05) is 5.43 Å². The van der Waals surface area contributed by atoms with Gasteiger partial charge in [-0.1, -0.05) is 11.6 Å². The highest BCUT2D eigenvalue weighted by Gasteiger charge is 2.05. The fourth-order valence-electron chi connectivity index (χ4n) is 1.60. The molecule has 1 aromatic heterocycles. The molecule has 0 aliphatic carbocycles. The number of aromatic amines is 1. The van der Waals surface area contributed by atoms with Crippen molar-refractivity contribution in [1.29, 1.82) is 0 Å². The van der Waals surface area contributed by atoms with Gasteiger partial charge >= 0.3 is 5.69 Å². The molecule has 0 aliphatic rings. The van der Waals surface area contributed by atoms with Crippen LogP contribution in [0.4, 0.5) is 4.39 Å². The Morgan fingerprint density at radius 1 is 1.37 bits per heavy atom. The molecule has 2 N–H and O–H groups in total. The third-order valence-corrected chi connectivity index (χ3v) is 2.87. The van der Waals surface area contributed by atoms with Crippen molar-refractivity contribution >= 4 is 11.6 Å². The Bertz CT molecular complexity index is 692. The van der Waals surface area contributed by atoms with E-state index in [0.717, 1.165) is 4.68 Å². The number of H-pyrrole nitrogens is 1. The lowest BCUT2D eigenvalue weighted by Crippen LogP contribution is -2.41. The number of aromatic nitrogens is 2. The van der Waals surface area contributed by atoms with E-state index >= 15 is 0 Å². The van der Waals surface area contributed by atoms with Crippen molar-refractivity contribution in [3.05, 3.63) is 67.2 Å². The van der Waals surface area contributed by atoms with Crippen LogP contribution in [0.25, 0.3) is 0 Å². The zero-order chi connectivity index (χ0) is 14.0. The first-order valence-electron chi connectivity index (χ1n) is 5.48. The molecule has 0 unspecified atom stereocenters. The highest BCUT2D eigenvalue weighted by molar-refractivity contribution is 6.31. The normalized spacial score (nSPS) is 10.5. The van der Waals surface area contributed by atoms with Crippen molar-refractivity contribution in [3.63, 3.8) is 0 Å². The van der Waals surface area contributed by atoms with E-state index in [-0.39, 0.29) is 6.54 Å². The van der Waals surface area contributed by atoms with E-state index in [1.54, 1.807) is 6.92 Å². The fourth-order valence-corrected chi connectivity index (χ4v) is 1.79. The van der Waals surface area contributed by atoms with Crippen molar-refractivity contribution in [2.45, 2.75) is 13.5 Å². The molecule has 7 heteroatoms. The summed E-state index contributed by atoms with van der Waals surface area (Å²) in [5.41, 5.74) is 2.45.